The van der Waals surface area contributed by atoms with Crippen LogP contribution in [0.25, 0.3) is 10.2 Å². The molecule has 0 saturated carbocycles. The van der Waals surface area contributed by atoms with Crippen molar-refractivity contribution < 1.29 is 0 Å². The Morgan fingerprint density at radius 3 is 3.00 bits per heavy atom. The van der Waals surface area contributed by atoms with Gasteiger partial charge >= 0.3 is 0 Å². The fourth-order valence-electron chi connectivity index (χ4n) is 2.51. The van der Waals surface area contributed by atoms with E-state index in [0.717, 1.165) is 29.5 Å². The van der Waals surface area contributed by atoms with Crippen molar-refractivity contribution in [3.05, 3.63) is 33.4 Å². The van der Waals surface area contributed by atoms with Gasteiger partial charge in [-0.3, -0.25) is 4.79 Å². The zero-order valence-electron chi connectivity index (χ0n) is 9.94. The third kappa shape index (κ3) is 1.69. The number of hydrogen-bond acceptors (Lipinski definition) is 4. The van der Waals surface area contributed by atoms with Gasteiger partial charge in [-0.2, -0.15) is 0 Å². The van der Waals surface area contributed by atoms with Crippen LogP contribution in [0.4, 0.5) is 0 Å². The van der Waals surface area contributed by atoms with E-state index in [9.17, 15) is 4.79 Å². The van der Waals surface area contributed by atoms with Gasteiger partial charge in [-0.05, 0) is 36.4 Å². The molecule has 0 bridgehead atoms. The molecule has 0 radical (unpaired) electrons. The maximum Gasteiger partial charge on any atom is 0.261 e. The van der Waals surface area contributed by atoms with Crippen LogP contribution in [0.5, 0.6) is 0 Å². The second kappa shape index (κ2) is 4.48. The summed E-state index contributed by atoms with van der Waals surface area (Å²) in [5.74, 6) is 0. The normalized spacial score (nSPS) is 14.7. The van der Waals surface area contributed by atoms with Crippen LogP contribution in [0.2, 0.25) is 0 Å². The van der Waals surface area contributed by atoms with Gasteiger partial charge in [0.05, 0.1) is 5.39 Å². The summed E-state index contributed by atoms with van der Waals surface area (Å²) in [7, 11) is 0. The van der Waals surface area contributed by atoms with Crippen LogP contribution in [0.15, 0.2) is 22.6 Å². The number of aryl methyl sites for hydroxylation is 2. The van der Waals surface area contributed by atoms with Crippen molar-refractivity contribution in [3.8, 4) is 0 Å². The molecular formula is C13H13N2OS2-. The third-order valence-electron chi connectivity index (χ3n) is 3.35. The fourth-order valence-corrected chi connectivity index (χ4v) is 4.07. The summed E-state index contributed by atoms with van der Waals surface area (Å²) < 4.78 is 1.53. The van der Waals surface area contributed by atoms with E-state index in [4.69, 9.17) is 12.6 Å². The average Bonchev–Trinajstić information content (AvgIpc) is 2.72. The Balaban J connectivity index is 2.35. The molecule has 1 aliphatic rings. The molecule has 2 aromatic heterocycles. The number of thiophene rings is 1. The highest BCUT2D eigenvalue weighted by molar-refractivity contribution is 7.58. The van der Waals surface area contributed by atoms with Crippen molar-refractivity contribution in [1.82, 2.24) is 9.55 Å². The summed E-state index contributed by atoms with van der Waals surface area (Å²) in [6.45, 7) is 4.10. The minimum Gasteiger partial charge on any atom is -0.742 e. The van der Waals surface area contributed by atoms with Crippen LogP contribution in [0.3, 0.4) is 0 Å². The first-order chi connectivity index (χ1) is 8.72. The molecule has 0 aliphatic heterocycles. The molecule has 0 unspecified atom stereocenters. The van der Waals surface area contributed by atoms with E-state index < -0.39 is 0 Å². The quantitative estimate of drug-likeness (QED) is 0.480. The zero-order chi connectivity index (χ0) is 12.7. The Morgan fingerprint density at radius 1 is 1.44 bits per heavy atom. The molecule has 94 valence electrons. The van der Waals surface area contributed by atoms with Crippen LogP contribution in [-0.4, -0.2) is 9.55 Å². The summed E-state index contributed by atoms with van der Waals surface area (Å²) in [5.41, 5.74) is 1.22. The van der Waals surface area contributed by atoms with Crippen LogP contribution < -0.4 is 5.56 Å². The van der Waals surface area contributed by atoms with Gasteiger partial charge in [-0.1, -0.05) is 6.08 Å². The Bertz CT molecular complexity index is 684. The Hall–Kier alpha value is -1.20. The van der Waals surface area contributed by atoms with Gasteiger partial charge in [-0.25, -0.2) is 4.98 Å². The molecule has 0 spiro atoms. The number of rotatable bonds is 2. The Morgan fingerprint density at radius 2 is 2.22 bits per heavy atom. The molecule has 0 saturated heterocycles. The number of hydrogen-bond donors (Lipinski definition) is 0. The van der Waals surface area contributed by atoms with Gasteiger partial charge in [0.25, 0.3) is 5.56 Å². The second-order valence-electron chi connectivity index (χ2n) is 4.49. The first-order valence-electron chi connectivity index (χ1n) is 6.05. The first kappa shape index (κ1) is 11.9. The second-order valence-corrected chi connectivity index (χ2v) is 5.94. The standard InChI is InChI=1S/C13H14N2OS2/c1-2-7-15-12(16)10-8-5-3-4-6-9(8)18-11(10)14-13(15)17/h2H,1,3-7H2,(H,14,17)/p-1. The molecule has 0 aromatic carbocycles. The van der Waals surface area contributed by atoms with E-state index in [-0.39, 0.29) is 5.56 Å². The molecule has 0 N–H and O–H groups in total. The average molecular weight is 277 g/mol. The number of nitrogens with zero attached hydrogens (tertiary/aromatic N) is 2. The minimum absolute atomic E-state index is 0.00398. The van der Waals surface area contributed by atoms with Gasteiger partial charge in [0.15, 0.2) is 0 Å². The smallest absolute Gasteiger partial charge is 0.261 e. The van der Waals surface area contributed by atoms with Crippen molar-refractivity contribution in [2.75, 3.05) is 0 Å². The van der Waals surface area contributed by atoms with Crippen molar-refractivity contribution in [3.63, 3.8) is 0 Å². The van der Waals surface area contributed by atoms with Gasteiger partial charge in [0.2, 0.25) is 0 Å². The number of fused-ring (bicyclic) bond motifs is 3. The van der Waals surface area contributed by atoms with Crippen LogP contribution in [-0.2, 0) is 32.0 Å². The van der Waals surface area contributed by atoms with Crippen LogP contribution in [0.1, 0.15) is 23.3 Å². The van der Waals surface area contributed by atoms with E-state index >= 15 is 0 Å². The van der Waals surface area contributed by atoms with Crippen molar-refractivity contribution in [1.29, 1.82) is 0 Å². The topological polar surface area (TPSA) is 34.9 Å². The van der Waals surface area contributed by atoms with Crippen LogP contribution >= 0.6 is 11.3 Å². The van der Waals surface area contributed by atoms with E-state index in [2.05, 4.69) is 11.6 Å². The molecule has 0 fully saturated rings. The lowest BCUT2D eigenvalue weighted by Gasteiger charge is -2.15. The van der Waals surface area contributed by atoms with Crippen molar-refractivity contribution >= 4 is 34.2 Å². The van der Waals surface area contributed by atoms with Gasteiger partial charge in [0, 0.05) is 11.4 Å². The maximum absolute atomic E-state index is 12.5. The SMILES string of the molecule is C=CCn1c([S-])nc2sc3c(c2c1=O)CCCC3. The van der Waals surface area contributed by atoms with Crippen molar-refractivity contribution in [2.45, 2.75) is 37.4 Å². The first-order valence-corrected chi connectivity index (χ1v) is 7.28. The van der Waals surface area contributed by atoms with E-state index in [1.807, 2.05) is 0 Å². The number of allylic oxidation sites excluding steroid dienone is 1. The maximum atomic E-state index is 12.5. The Kier molecular flexibility index (Phi) is 2.95. The van der Waals surface area contributed by atoms with E-state index in [1.165, 1.54) is 21.4 Å². The molecule has 2 aromatic rings. The van der Waals surface area contributed by atoms with Gasteiger partial charge in [0.1, 0.15) is 4.83 Å². The van der Waals surface area contributed by atoms with E-state index in [0.29, 0.717) is 11.7 Å². The molecule has 3 nitrogen and oxygen atoms in total. The number of aromatic nitrogens is 2. The fraction of sp³-hybridized carbons (Fsp3) is 0.385. The molecule has 0 amide bonds. The summed E-state index contributed by atoms with van der Waals surface area (Å²) in [6.07, 6.45) is 6.13. The summed E-state index contributed by atoms with van der Waals surface area (Å²) in [5, 5.41) is 1.16. The molecule has 3 rings (SSSR count). The van der Waals surface area contributed by atoms with Gasteiger partial charge < -0.3 is 17.2 Å². The molecule has 5 heteroatoms. The molecule has 2 heterocycles. The lowest BCUT2D eigenvalue weighted by molar-refractivity contribution is 0.670. The highest BCUT2D eigenvalue weighted by Gasteiger charge is 2.19. The van der Waals surface area contributed by atoms with Crippen LogP contribution in [0, 0.1) is 0 Å². The monoisotopic (exact) mass is 277 g/mol. The van der Waals surface area contributed by atoms with Gasteiger partial charge in [-0.15, -0.1) is 17.9 Å². The lowest BCUT2D eigenvalue weighted by Crippen LogP contribution is -2.23. The highest BCUT2D eigenvalue weighted by atomic mass is 32.1. The molecule has 18 heavy (non-hydrogen) atoms. The highest BCUT2D eigenvalue weighted by Crippen LogP contribution is 2.33. The predicted octanol–water partition coefficient (Wildman–Crippen LogP) is 2.43. The molecular weight excluding hydrogens is 264 g/mol. The predicted molar refractivity (Wildman–Crippen MR) is 76.4 cm³/mol. The molecule has 1 aliphatic carbocycles. The Labute approximate surface area is 115 Å². The summed E-state index contributed by atoms with van der Waals surface area (Å²) in [4.78, 5) is 19.0. The van der Waals surface area contributed by atoms with Crippen molar-refractivity contribution in [2.24, 2.45) is 0 Å². The minimum atomic E-state index is 0.00398. The van der Waals surface area contributed by atoms with E-state index in [1.54, 1.807) is 17.4 Å². The zero-order valence-corrected chi connectivity index (χ0v) is 11.6. The lowest BCUT2D eigenvalue weighted by atomic mass is 9.97. The summed E-state index contributed by atoms with van der Waals surface area (Å²) in [6, 6.07) is 0. The summed E-state index contributed by atoms with van der Waals surface area (Å²) >= 11 is 6.82. The third-order valence-corrected chi connectivity index (χ3v) is 4.85. The largest absolute Gasteiger partial charge is 0.742 e. The molecule has 0 atom stereocenters.